The van der Waals surface area contributed by atoms with Crippen molar-refractivity contribution in [3.63, 3.8) is 0 Å². The van der Waals surface area contributed by atoms with Gasteiger partial charge in [-0.2, -0.15) is 0 Å². The molecule has 0 atom stereocenters. The minimum Gasteiger partial charge on any atom is -0.360 e. The minimum absolute atomic E-state index is 0.0500. The number of rotatable bonds is 7. The van der Waals surface area contributed by atoms with Crippen molar-refractivity contribution in [2.45, 2.75) is 32.1 Å². The molecule has 1 fully saturated rings. The van der Waals surface area contributed by atoms with Crippen molar-refractivity contribution in [2.24, 2.45) is 0 Å². The SMILES string of the molecule is Cc1onc(-c2ccccc2)c1C(=O)N1CCC(c2nc(C(=O)NCCc3cccs3)cs2)CC1. The zero-order valence-electron chi connectivity index (χ0n) is 19.4. The van der Waals surface area contributed by atoms with Crippen LogP contribution < -0.4 is 5.32 Å². The smallest absolute Gasteiger partial charge is 0.270 e. The molecule has 0 aliphatic carbocycles. The Bertz CT molecular complexity index is 1290. The van der Waals surface area contributed by atoms with Crippen LogP contribution >= 0.6 is 22.7 Å². The van der Waals surface area contributed by atoms with Gasteiger partial charge in [-0.25, -0.2) is 4.98 Å². The number of nitrogens with zero attached hydrogens (tertiary/aromatic N) is 3. The molecule has 2 amide bonds. The lowest BCUT2D eigenvalue weighted by atomic mass is 9.96. The number of piperidine rings is 1. The Balaban J connectivity index is 1.18. The first kappa shape index (κ1) is 23.4. The quantitative estimate of drug-likeness (QED) is 0.374. The normalized spacial score (nSPS) is 14.3. The van der Waals surface area contributed by atoms with Gasteiger partial charge < -0.3 is 14.7 Å². The van der Waals surface area contributed by atoms with Gasteiger partial charge >= 0.3 is 0 Å². The fourth-order valence-electron chi connectivity index (χ4n) is 4.33. The van der Waals surface area contributed by atoms with Crippen LogP contribution in [0.1, 0.15) is 55.3 Å². The monoisotopic (exact) mass is 506 g/mol. The highest BCUT2D eigenvalue weighted by molar-refractivity contribution is 7.10. The summed E-state index contributed by atoms with van der Waals surface area (Å²) in [5.41, 5.74) is 2.46. The van der Waals surface area contributed by atoms with Gasteiger partial charge in [0.05, 0.1) is 5.01 Å². The second-order valence-corrected chi connectivity index (χ2v) is 10.5. The number of benzene rings is 1. The van der Waals surface area contributed by atoms with Crippen LogP contribution in [0.3, 0.4) is 0 Å². The number of thiophene rings is 1. The van der Waals surface area contributed by atoms with Crippen molar-refractivity contribution >= 4 is 34.5 Å². The van der Waals surface area contributed by atoms with Crippen LogP contribution in [0, 0.1) is 6.92 Å². The summed E-state index contributed by atoms with van der Waals surface area (Å²) in [5.74, 6) is 0.596. The van der Waals surface area contributed by atoms with Gasteiger partial charge in [0.15, 0.2) is 0 Å². The maximum Gasteiger partial charge on any atom is 0.270 e. The summed E-state index contributed by atoms with van der Waals surface area (Å²) >= 11 is 3.22. The molecule has 7 nitrogen and oxygen atoms in total. The van der Waals surface area contributed by atoms with Gasteiger partial charge in [0, 0.05) is 41.4 Å². The summed E-state index contributed by atoms with van der Waals surface area (Å²) in [6, 6.07) is 13.7. The molecule has 0 unspecified atom stereocenters. The Morgan fingerprint density at radius 2 is 1.91 bits per heavy atom. The van der Waals surface area contributed by atoms with Crippen LogP contribution in [0.4, 0.5) is 0 Å². The van der Waals surface area contributed by atoms with Crippen molar-refractivity contribution in [3.8, 4) is 11.3 Å². The van der Waals surface area contributed by atoms with Crippen LogP contribution in [0.2, 0.25) is 0 Å². The highest BCUT2D eigenvalue weighted by Gasteiger charge is 2.30. The molecule has 4 heterocycles. The van der Waals surface area contributed by atoms with Gasteiger partial charge in [-0.3, -0.25) is 9.59 Å². The molecule has 1 aromatic carbocycles. The molecule has 1 aliphatic heterocycles. The number of carbonyl (C=O) groups is 2. The van der Waals surface area contributed by atoms with Crippen molar-refractivity contribution in [3.05, 3.63) is 80.1 Å². The third kappa shape index (κ3) is 5.21. The highest BCUT2D eigenvalue weighted by Crippen LogP contribution is 2.32. The third-order valence-corrected chi connectivity index (χ3v) is 8.19. The lowest BCUT2D eigenvalue weighted by Crippen LogP contribution is -2.38. The third-order valence-electron chi connectivity index (χ3n) is 6.25. The largest absolute Gasteiger partial charge is 0.360 e. The average molecular weight is 507 g/mol. The number of thiazole rings is 1. The fraction of sp³-hybridized carbons (Fsp3) is 0.308. The molecule has 1 aliphatic rings. The van der Waals surface area contributed by atoms with Gasteiger partial charge in [-0.05, 0) is 37.6 Å². The molecule has 0 radical (unpaired) electrons. The molecule has 5 rings (SSSR count). The first-order chi connectivity index (χ1) is 17.1. The molecule has 1 saturated heterocycles. The topological polar surface area (TPSA) is 88.3 Å². The second kappa shape index (κ2) is 10.5. The summed E-state index contributed by atoms with van der Waals surface area (Å²) in [5, 5.41) is 11.9. The second-order valence-electron chi connectivity index (χ2n) is 8.55. The molecular formula is C26H26N4O3S2. The Hall–Kier alpha value is -3.30. The number of hydrogen-bond donors (Lipinski definition) is 1. The molecule has 1 N–H and O–H groups in total. The number of aromatic nitrogens is 2. The zero-order chi connectivity index (χ0) is 24.2. The summed E-state index contributed by atoms with van der Waals surface area (Å²) in [4.78, 5) is 33.6. The van der Waals surface area contributed by atoms with E-state index in [1.54, 1.807) is 18.3 Å². The lowest BCUT2D eigenvalue weighted by Gasteiger charge is -2.31. The Morgan fingerprint density at radius 1 is 1.11 bits per heavy atom. The molecule has 0 saturated carbocycles. The first-order valence-electron chi connectivity index (χ1n) is 11.7. The molecule has 0 bridgehead atoms. The van der Waals surface area contributed by atoms with Crippen LogP contribution in [0.15, 0.2) is 57.7 Å². The Morgan fingerprint density at radius 3 is 2.66 bits per heavy atom. The molecule has 0 spiro atoms. The van der Waals surface area contributed by atoms with Gasteiger partial charge in [-0.1, -0.05) is 41.6 Å². The zero-order valence-corrected chi connectivity index (χ0v) is 21.0. The van der Waals surface area contributed by atoms with E-state index in [0.29, 0.717) is 42.3 Å². The molecule has 4 aromatic rings. The minimum atomic E-state index is -0.131. The van der Waals surface area contributed by atoms with Gasteiger partial charge in [0.1, 0.15) is 22.7 Å². The average Bonchev–Trinajstić information content (AvgIpc) is 3.66. The maximum absolute atomic E-state index is 13.4. The van der Waals surface area contributed by atoms with E-state index in [2.05, 4.69) is 21.5 Å². The van der Waals surface area contributed by atoms with E-state index in [4.69, 9.17) is 4.52 Å². The summed E-state index contributed by atoms with van der Waals surface area (Å²) in [7, 11) is 0. The fourth-order valence-corrected chi connectivity index (χ4v) is 6.01. The molecule has 9 heteroatoms. The summed E-state index contributed by atoms with van der Waals surface area (Å²) in [6.45, 7) is 3.64. The van der Waals surface area contributed by atoms with Crippen LogP contribution in [-0.4, -0.2) is 46.5 Å². The Labute approximate surface area is 211 Å². The van der Waals surface area contributed by atoms with E-state index in [1.165, 1.54) is 16.2 Å². The van der Waals surface area contributed by atoms with Crippen molar-refractivity contribution in [2.75, 3.05) is 19.6 Å². The van der Waals surface area contributed by atoms with Gasteiger partial charge in [0.25, 0.3) is 11.8 Å². The van der Waals surface area contributed by atoms with E-state index in [-0.39, 0.29) is 17.7 Å². The highest BCUT2D eigenvalue weighted by atomic mass is 32.1. The molecule has 180 valence electrons. The van der Waals surface area contributed by atoms with Crippen molar-refractivity contribution in [1.82, 2.24) is 20.4 Å². The van der Waals surface area contributed by atoms with E-state index < -0.39 is 0 Å². The van der Waals surface area contributed by atoms with E-state index in [9.17, 15) is 9.59 Å². The van der Waals surface area contributed by atoms with Crippen LogP contribution in [-0.2, 0) is 6.42 Å². The lowest BCUT2D eigenvalue weighted by molar-refractivity contribution is 0.0711. The summed E-state index contributed by atoms with van der Waals surface area (Å²) < 4.78 is 5.38. The van der Waals surface area contributed by atoms with Gasteiger partial charge in [0.2, 0.25) is 0 Å². The number of nitrogens with one attached hydrogen (secondary N) is 1. The van der Waals surface area contributed by atoms with Crippen LogP contribution in [0.25, 0.3) is 11.3 Å². The maximum atomic E-state index is 13.4. The Kier molecular flexibility index (Phi) is 7.06. The van der Waals surface area contributed by atoms with Crippen molar-refractivity contribution < 1.29 is 14.1 Å². The molecule has 3 aromatic heterocycles. The van der Waals surface area contributed by atoms with Crippen LogP contribution in [0.5, 0.6) is 0 Å². The standard InChI is InChI=1S/C26H26N4O3S2/c1-17-22(23(29-33-17)18-6-3-2-4-7-18)26(32)30-13-10-19(11-14-30)25-28-21(16-35-25)24(31)27-12-9-20-8-5-15-34-20/h2-8,15-16,19H,9-14H2,1H3,(H,27,31). The number of hydrogen-bond acceptors (Lipinski definition) is 7. The number of amides is 2. The first-order valence-corrected chi connectivity index (χ1v) is 13.4. The number of aryl methyl sites for hydroxylation is 1. The summed E-state index contributed by atoms with van der Waals surface area (Å²) in [6.07, 6.45) is 2.44. The number of carbonyl (C=O) groups excluding carboxylic acids is 2. The van der Waals surface area contributed by atoms with E-state index in [0.717, 1.165) is 29.8 Å². The molecular weight excluding hydrogens is 480 g/mol. The number of likely N-dealkylation sites (tertiary alicyclic amines) is 1. The van der Waals surface area contributed by atoms with E-state index in [1.807, 2.05) is 52.1 Å². The predicted octanol–water partition coefficient (Wildman–Crippen LogP) is 5.16. The predicted molar refractivity (Wildman–Crippen MR) is 137 cm³/mol. The van der Waals surface area contributed by atoms with E-state index >= 15 is 0 Å². The van der Waals surface area contributed by atoms with Gasteiger partial charge in [-0.15, -0.1) is 22.7 Å². The van der Waals surface area contributed by atoms with Crippen molar-refractivity contribution in [1.29, 1.82) is 0 Å². The molecule has 35 heavy (non-hydrogen) atoms.